The van der Waals surface area contributed by atoms with Crippen molar-refractivity contribution in [3.8, 4) is 11.3 Å². The van der Waals surface area contributed by atoms with E-state index in [-0.39, 0.29) is 6.61 Å². The smallest absolute Gasteiger partial charge is 0.111 e. The highest BCUT2D eigenvalue weighted by atomic mass is 35.5. The Balaban J connectivity index is 2.52. The molecule has 0 unspecified atom stereocenters. The summed E-state index contributed by atoms with van der Waals surface area (Å²) in [4.78, 5) is 4.47. The van der Waals surface area contributed by atoms with Crippen molar-refractivity contribution in [2.75, 3.05) is 6.61 Å². The lowest BCUT2D eigenvalue weighted by molar-refractivity contribution is 0.295. The van der Waals surface area contributed by atoms with Gasteiger partial charge in [0.1, 0.15) is 5.82 Å². The van der Waals surface area contributed by atoms with Crippen LogP contribution < -0.4 is 0 Å². The molecule has 0 atom stereocenters. The van der Waals surface area contributed by atoms with E-state index in [9.17, 15) is 0 Å². The number of hydrogen-bond acceptors (Lipinski definition) is 2. The molecule has 1 aromatic carbocycles. The highest BCUT2D eigenvalue weighted by Crippen LogP contribution is 2.26. The van der Waals surface area contributed by atoms with Gasteiger partial charge in [0.05, 0.1) is 18.0 Å². The number of imidazole rings is 1. The third kappa shape index (κ3) is 2.35. The molecule has 0 aliphatic rings. The molecule has 3 nitrogen and oxygen atoms in total. The van der Waals surface area contributed by atoms with E-state index in [0.717, 1.165) is 22.8 Å². The maximum atomic E-state index is 8.98. The lowest BCUT2D eigenvalue weighted by atomic mass is 10.1. The first-order valence-corrected chi connectivity index (χ1v) is 5.90. The van der Waals surface area contributed by atoms with Crippen LogP contribution in [0.2, 0.25) is 5.02 Å². The minimum absolute atomic E-state index is 0.110. The molecule has 90 valence electrons. The molecule has 0 spiro atoms. The predicted molar refractivity (Wildman–Crippen MR) is 69.2 cm³/mol. The molecule has 0 aliphatic carbocycles. The Morgan fingerprint density at radius 3 is 2.82 bits per heavy atom. The number of aliphatic hydroxyl groups excluding tert-OH is 1. The van der Waals surface area contributed by atoms with E-state index in [1.807, 2.05) is 42.8 Å². The van der Waals surface area contributed by atoms with Gasteiger partial charge in [-0.25, -0.2) is 4.98 Å². The van der Waals surface area contributed by atoms with E-state index in [4.69, 9.17) is 16.7 Å². The van der Waals surface area contributed by atoms with Crippen molar-refractivity contribution in [3.63, 3.8) is 0 Å². The van der Waals surface area contributed by atoms with Gasteiger partial charge in [-0.15, -0.1) is 0 Å². The third-order valence-corrected chi connectivity index (χ3v) is 3.03. The van der Waals surface area contributed by atoms with Gasteiger partial charge in [-0.1, -0.05) is 23.7 Å². The molecular weight excluding hydrogens is 236 g/mol. The molecule has 1 heterocycles. The Labute approximate surface area is 106 Å². The Morgan fingerprint density at radius 1 is 1.41 bits per heavy atom. The molecule has 1 aromatic heterocycles. The minimum atomic E-state index is 0.110. The monoisotopic (exact) mass is 250 g/mol. The minimum Gasteiger partial charge on any atom is -0.396 e. The summed E-state index contributed by atoms with van der Waals surface area (Å²) in [7, 11) is 1.96. The van der Waals surface area contributed by atoms with Gasteiger partial charge in [0, 0.05) is 24.1 Å². The summed E-state index contributed by atoms with van der Waals surface area (Å²) in [5.41, 5.74) is 3.06. The molecule has 0 saturated carbocycles. The summed E-state index contributed by atoms with van der Waals surface area (Å²) in [6, 6.07) is 7.72. The molecule has 0 aliphatic heterocycles. The fraction of sp³-hybridized carbons (Fsp3) is 0.308. The Bertz CT molecular complexity index is 534. The van der Waals surface area contributed by atoms with Crippen molar-refractivity contribution < 1.29 is 5.11 Å². The first-order valence-electron chi connectivity index (χ1n) is 5.52. The second-order valence-corrected chi connectivity index (χ2v) is 4.44. The highest BCUT2D eigenvalue weighted by Gasteiger charge is 2.12. The first-order chi connectivity index (χ1) is 8.13. The molecular formula is C13H15ClN2O. The van der Waals surface area contributed by atoms with Crippen LogP contribution in [0.15, 0.2) is 24.3 Å². The van der Waals surface area contributed by atoms with Gasteiger partial charge in [-0.2, -0.15) is 0 Å². The summed E-state index contributed by atoms with van der Waals surface area (Å²) in [6.07, 6.45) is 0.567. The average Bonchev–Trinajstić information content (AvgIpc) is 2.55. The van der Waals surface area contributed by atoms with Gasteiger partial charge in [0.2, 0.25) is 0 Å². The van der Waals surface area contributed by atoms with Crippen LogP contribution in [-0.2, 0) is 13.5 Å². The number of halogens is 1. The SMILES string of the molecule is Cc1nc(CCO)n(C)c1-c1cccc(Cl)c1. The van der Waals surface area contributed by atoms with E-state index in [2.05, 4.69) is 4.98 Å². The van der Waals surface area contributed by atoms with Gasteiger partial charge < -0.3 is 9.67 Å². The predicted octanol–water partition coefficient (Wildman–Crippen LogP) is 2.58. The lowest BCUT2D eigenvalue weighted by Gasteiger charge is -2.06. The van der Waals surface area contributed by atoms with E-state index >= 15 is 0 Å². The average molecular weight is 251 g/mol. The van der Waals surface area contributed by atoms with Crippen molar-refractivity contribution in [1.82, 2.24) is 9.55 Å². The van der Waals surface area contributed by atoms with Crippen LogP contribution in [-0.4, -0.2) is 21.3 Å². The zero-order valence-corrected chi connectivity index (χ0v) is 10.7. The largest absolute Gasteiger partial charge is 0.396 e. The number of benzene rings is 1. The number of aromatic nitrogens is 2. The molecule has 0 amide bonds. The Kier molecular flexibility index (Phi) is 3.50. The first kappa shape index (κ1) is 12.1. The van der Waals surface area contributed by atoms with Crippen molar-refractivity contribution in [3.05, 3.63) is 40.8 Å². The summed E-state index contributed by atoms with van der Waals surface area (Å²) in [5.74, 6) is 0.889. The van der Waals surface area contributed by atoms with Crippen LogP contribution in [0.5, 0.6) is 0 Å². The summed E-state index contributed by atoms with van der Waals surface area (Å²) in [6.45, 7) is 2.08. The van der Waals surface area contributed by atoms with E-state index < -0.39 is 0 Å². The van der Waals surface area contributed by atoms with Crippen LogP contribution in [0.25, 0.3) is 11.3 Å². The summed E-state index contributed by atoms with van der Waals surface area (Å²) < 4.78 is 2.01. The summed E-state index contributed by atoms with van der Waals surface area (Å²) >= 11 is 6.00. The van der Waals surface area contributed by atoms with Gasteiger partial charge in [0.25, 0.3) is 0 Å². The molecule has 0 fully saturated rings. The quantitative estimate of drug-likeness (QED) is 0.909. The van der Waals surface area contributed by atoms with E-state index in [1.54, 1.807) is 0 Å². The number of nitrogens with zero attached hydrogens (tertiary/aromatic N) is 2. The molecule has 0 bridgehead atoms. The molecule has 0 saturated heterocycles. The van der Waals surface area contributed by atoms with Crippen LogP contribution >= 0.6 is 11.6 Å². The van der Waals surface area contributed by atoms with Crippen LogP contribution in [0.1, 0.15) is 11.5 Å². The number of rotatable bonds is 3. The van der Waals surface area contributed by atoms with Crippen molar-refractivity contribution in [2.24, 2.45) is 7.05 Å². The molecule has 4 heteroatoms. The highest BCUT2D eigenvalue weighted by molar-refractivity contribution is 6.30. The van der Waals surface area contributed by atoms with E-state index in [0.29, 0.717) is 11.4 Å². The fourth-order valence-corrected chi connectivity index (χ4v) is 2.25. The van der Waals surface area contributed by atoms with Crippen LogP contribution in [0.4, 0.5) is 0 Å². The number of hydrogen-bond donors (Lipinski definition) is 1. The standard InChI is InChI=1S/C13H15ClN2O/c1-9-13(10-4-3-5-11(14)8-10)16(2)12(15-9)6-7-17/h3-5,8,17H,6-7H2,1-2H3. The Hall–Kier alpha value is -1.32. The number of aryl methyl sites for hydroxylation is 1. The van der Waals surface area contributed by atoms with Gasteiger partial charge >= 0.3 is 0 Å². The van der Waals surface area contributed by atoms with Crippen molar-refractivity contribution >= 4 is 11.6 Å². The van der Waals surface area contributed by atoms with Gasteiger partial charge in [-0.3, -0.25) is 0 Å². The second kappa shape index (κ2) is 4.90. The van der Waals surface area contributed by atoms with E-state index in [1.165, 1.54) is 0 Å². The van der Waals surface area contributed by atoms with Crippen molar-refractivity contribution in [2.45, 2.75) is 13.3 Å². The molecule has 2 rings (SSSR count). The zero-order chi connectivity index (χ0) is 12.4. The Morgan fingerprint density at radius 2 is 2.18 bits per heavy atom. The second-order valence-electron chi connectivity index (χ2n) is 4.01. The normalized spacial score (nSPS) is 10.8. The zero-order valence-electron chi connectivity index (χ0n) is 9.94. The maximum absolute atomic E-state index is 8.98. The summed E-state index contributed by atoms with van der Waals surface area (Å²) in [5, 5.41) is 9.70. The molecule has 1 N–H and O–H groups in total. The number of aliphatic hydroxyl groups is 1. The lowest BCUT2D eigenvalue weighted by Crippen LogP contribution is -2.02. The fourth-order valence-electron chi connectivity index (χ4n) is 2.06. The van der Waals surface area contributed by atoms with Crippen molar-refractivity contribution in [1.29, 1.82) is 0 Å². The third-order valence-electron chi connectivity index (χ3n) is 2.80. The topological polar surface area (TPSA) is 38.1 Å². The molecule has 17 heavy (non-hydrogen) atoms. The van der Waals surface area contributed by atoms with Crippen LogP contribution in [0, 0.1) is 6.92 Å². The molecule has 2 aromatic rings. The maximum Gasteiger partial charge on any atom is 0.111 e. The van der Waals surface area contributed by atoms with Crippen LogP contribution in [0.3, 0.4) is 0 Å². The van der Waals surface area contributed by atoms with Gasteiger partial charge in [0.15, 0.2) is 0 Å². The van der Waals surface area contributed by atoms with Gasteiger partial charge in [-0.05, 0) is 19.1 Å². The molecule has 0 radical (unpaired) electrons.